The van der Waals surface area contributed by atoms with Gasteiger partial charge in [-0.05, 0) is 47.9 Å². The zero-order valence-electron chi connectivity index (χ0n) is 16.3. The number of hydrazone groups is 1. The summed E-state index contributed by atoms with van der Waals surface area (Å²) in [7, 11) is 0. The molecule has 0 heterocycles. The molecule has 3 rings (SSSR count). The van der Waals surface area contributed by atoms with Crippen LogP contribution in [0.5, 0.6) is 0 Å². The molecule has 2 amide bonds. The highest BCUT2D eigenvalue weighted by Gasteiger charge is 2.08. The molecular weight excluding hydrogens is 386 g/mol. The van der Waals surface area contributed by atoms with Crippen LogP contribution in [-0.2, 0) is 16.0 Å². The summed E-state index contributed by atoms with van der Waals surface area (Å²) in [6, 6.07) is 19.1. The van der Waals surface area contributed by atoms with E-state index >= 15 is 0 Å². The lowest BCUT2D eigenvalue weighted by Gasteiger charge is -2.08. The van der Waals surface area contributed by atoms with E-state index in [-0.39, 0.29) is 24.7 Å². The molecule has 29 heavy (non-hydrogen) atoms. The van der Waals surface area contributed by atoms with Gasteiger partial charge in [0.25, 0.3) is 0 Å². The summed E-state index contributed by atoms with van der Waals surface area (Å²) >= 11 is 6.07. The number of amides is 2. The molecule has 0 bridgehead atoms. The lowest BCUT2D eigenvalue weighted by Crippen LogP contribution is -2.23. The van der Waals surface area contributed by atoms with E-state index in [4.69, 9.17) is 11.6 Å². The molecule has 0 aromatic heterocycles. The van der Waals surface area contributed by atoms with E-state index in [2.05, 4.69) is 15.8 Å². The molecule has 0 aliphatic heterocycles. The fourth-order valence-corrected chi connectivity index (χ4v) is 3.15. The summed E-state index contributed by atoms with van der Waals surface area (Å²) in [5.74, 6) is -0.458. The van der Waals surface area contributed by atoms with Crippen molar-refractivity contribution < 1.29 is 9.59 Å². The van der Waals surface area contributed by atoms with Crippen molar-refractivity contribution in [1.82, 2.24) is 5.43 Å². The SMILES string of the molecule is CC(CC(=O)Nc1ccc(C)c(Cl)c1)=NNC(=O)Cc1cccc2ccccc12. The number of carbonyl (C=O) groups is 2. The van der Waals surface area contributed by atoms with Crippen molar-refractivity contribution in [2.24, 2.45) is 5.10 Å². The maximum atomic E-state index is 12.3. The highest BCUT2D eigenvalue weighted by Crippen LogP contribution is 2.20. The van der Waals surface area contributed by atoms with Crippen LogP contribution in [0.1, 0.15) is 24.5 Å². The second-order valence-electron chi connectivity index (χ2n) is 6.89. The number of benzene rings is 3. The van der Waals surface area contributed by atoms with E-state index in [0.29, 0.717) is 16.4 Å². The van der Waals surface area contributed by atoms with Gasteiger partial charge in [0.2, 0.25) is 11.8 Å². The minimum absolute atomic E-state index is 0.0695. The fourth-order valence-electron chi connectivity index (χ4n) is 2.96. The molecule has 0 fully saturated rings. The molecule has 3 aromatic carbocycles. The van der Waals surface area contributed by atoms with Crippen LogP contribution in [0.4, 0.5) is 5.69 Å². The van der Waals surface area contributed by atoms with Crippen LogP contribution in [0.15, 0.2) is 65.8 Å². The van der Waals surface area contributed by atoms with E-state index in [1.165, 1.54) is 0 Å². The minimum atomic E-state index is -0.230. The zero-order valence-corrected chi connectivity index (χ0v) is 17.1. The number of fused-ring (bicyclic) bond motifs is 1. The Morgan fingerprint density at radius 2 is 1.76 bits per heavy atom. The highest BCUT2D eigenvalue weighted by atomic mass is 35.5. The first kappa shape index (κ1) is 20.6. The molecule has 0 saturated carbocycles. The van der Waals surface area contributed by atoms with Gasteiger partial charge in [-0.2, -0.15) is 5.10 Å². The number of halogens is 1. The Balaban J connectivity index is 1.55. The van der Waals surface area contributed by atoms with Crippen molar-refractivity contribution in [3.05, 3.63) is 76.8 Å². The Morgan fingerprint density at radius 3 is 2.55 bits per heavy atom. The Bertz CT molecular complexity index is 1090. The van der Waals surface area contributed by atoms with E-state index < -0.39 is 0 Å². The third kappa shape index (κ3) is 5.65. The summed E-state index contributed by atoms with van der Waals surface area (Å²) in [6.45, 7) is 3.59. The quantitative estimate of drug-likeness (QED) is 0.452. The molecule has 0 unspecified atom stereocenters. The average molecular weight is 408 g/mol. The van der Waals surface area contributed by atoms with Crippen molar-refractivity contribution in [2.75, 3.05) is 5.32 Å². The van der Waals surface area contributed by atoms with Crippen LogP contribution in [0.3, 0.4) is 0 Å². The summed E-state index contributed by atoms with van der Waals surface area (Å²) < 4.78 is 0. The molecule has 0 saturated heterocycles. The number of hydrogen-bond acceptors (Lipinski definition) is 3. The standard InChI is InChI=1S/C23H22ClN3O2/c1-15-10-11-19(14-21(15)24)25-22(28)12-16(2)26-27-23(29)13-18-8-5-7-17-6-3-4-9-20(17)18/h3-11,14H,12-13H2,1-2H3,(H,25,28)(H,27,29). The molecule has 0 atom stereocenters. The number of hydrogen-bond donors (Lipinski definition) is 2. The van der Waals surface area contributed by atoms with Gasteiger partial charge >= 0.3 is 0 Å². The Morgan fingerprint density at radius 1 is 1.00 bits per heavy atom. The highest BCUT2D eigenvalue weighted by molar-refractivity contribution is 6.31. The Labute approximate surface area is 174 Å². The van der Waals surface area contributed by atoms with E-state index in [1.54, 1.807) is 19.1 Å². The van der Waals surface area contributed by atoms with Gasteiger partial charge in [0.05, 0.1) is 12.8 Å². The average Bonchev–Trinajstić information content (AvgIpc) is 2.69. The zero-order chi connectivity index (χ0) is 20.8. The second kappa shape index (κ2) is 9.34. The molecule has 3 aromatic rings. The van der Waals surface area contributed by atoms with Gasteiger partial charge in [-0.3, -0.25) is 9.59 Å². The number of nitrogens with one attached hydrogen (secondary N) is 2. The molecular formula is C23H22ClN3O2. The maximum absolute atomic E-state index is 12.3. The molecule has 5 nitrogen and oxygen atoms in total. The molecule has 6 heteroatoms. The number of aryl methyl sites for hydroxylation is 1. The summed E-state index contributed by atoms with van der Waals surface area (Å²) in [5.41, 5.74) is 5.53. The Kier molecular flexibility index (Phi) is 6.62. The number of nitrogens with zero attached hydrogens (tertiary/aromatic N) is 1. The summed E-state index contributed by atoms with van der Waals surface area (Å²) in [6.07, 6.45) is 0.284. The van der Waals surface area contributed by atoms with Crippen molar-refractivity contribution in [1.29, 1.82) is 0 Å². The first-order chi connectivity index (χ1) is 13.9. The van der Waals surface area contributed by atoms with Crippen molar-refractivity contribution in [2.45, 2.75) is 26.7 Å². The van der Waals surface area contributed by atoms with Crippen LogP contribution >= 0.6 is 11.6 Å². The number of carbonyl (C=O) groups excluding carboxylic acids is 2. The molecule has 0 aliphatic carbocycles. The second-order valence-corrected chi connectivity index (χ2v) is 7.29. The molecule has 0 radical (unpaired) electrons. The molecule has 148 valence electrons. The van der Waals surface area contributed by atoms with Crippen LogP contribution in [0.25, 0.3) is 10.8 Å². The summed E-state index contributed by atoms with van der Waals surface area (Å²) in [5, 5.41) is 9.54. The van der Waals surface area contributed by atoms with Gasteiger partial charge in [-0.15, -0.1) is 0 Å². The topological polar surface area (TPSA) is 70.6 Å². The smallest absolute Gasteiger partial charge is 0.244 e. The maximum Gasteiger partial charge on any atom is 0.244 e. The van der Waals surface area contributed by atoms with E-state index in [1.807, 2.05) is 55.5 Å². The first-order valence-corrected chi connectivity index (χ1v) is 9.65. The van der Waals surface area contributed by atoms with Crippen molar-refractivity contribution >= 4 is 45.6 Å². The van der Waals surface area contributed by atoms with Gasteiger partial charge < -0.3 is 5.32 Å². The third-order valence-electron chi connectivity index (χ3n) is 4.47. The lowest BCUT2D eigenvalue weighted by atomic mass is 10.0. The number of anilines is 1. The minimum Gasteiger partial charge on any atom is -0.326 e. The van der Waals surface area contributed by atoms with Crippen LogP contribution in [0, 0.1) is 6.92 Å². The third-order valence-corrected chi connectivity index (χ3v) is 4.88. The first-order valence-electron chi connectivity index (χ1n) is 9.27. The predicted molar refractivity (Wildman–Crippen MR) is 118 cm³/mol. The predicted octanol–water partition coefficient (Wildman–Crippen LogP) is 4.87. The largest absolute Gasteiger partial charge is 0.326 e. The van der Waals surface area contributed by atoms with Gasteiger partial charge in [0.1, 0.15) is 0 Å². The Hall–Kier alpha value is -3.18. The van der Waals surface area contributed by atoms with Gasteiger partial charge in [0.15, 0.2) is 0 Å². The van der Waals surface area contributed by atoms with Gasteiger partial charge in [-0.25, -0.2) is 5.43 Å². The van der Waals surface area contributed by atoms with E-state index in [0.717, 1.165) is 21.9 Å². The van der Waals surface area contributed by atoms with Gasteiger partial charge in [-0.1, -0.05) is 60.1 Å². The normalized spacial score (nSPS) is 11.3. The fraction of sp³-hybridized carbons (Fsp3) is 0.174. The number of rotatable bonds is 6. The van der Waals surface area contributed by atoms with Crippen molar-refractivity contribution in [3.63, 3.8) is 0 Å². The molecule has 0 aliphatic rings. The lowest BCUT2D eigenvalue weighted by molar-refractivity contribution is -0.120. The van der Waals surface area contributed by atoms with Crippen LogP contribution < -0.4 is 10.7 Å². The van der Waals surface area contributed by atoms with Crippen molar-refractivity contribution in [3.8, 4) is 0 Å². The van der Waals surface area contributed by atoms with Crippen LogP contribution in [-0.4, -0.2) is 17.5 Å². The molecule has 0 spiro atoms. The summed E-state index contributed by atoms with van der Waals surface area (Å²) in [4.78, 5) is 24.4. The molecule has 2 N–H and O–H groups in total. The van der Waals surface area contributed by atoms with Gasteiger partial charge in [0, 0.05) is 16.4 Å². The van der Waals surface area contributed by atoms with Crippen LogP contribution in [0.2, 0.25) is 5.02 Å². The van der Waals surface area contributed by atoms with E-state index in [9.17, 15) is 9.59 Å². The monoisotopic (exact) mass is 407 g/mol.